The third-order valence-corrected chi connectivity index (χ3v) is 5.02. The maximum Gasteiger partial charge on any atom is 0.254 e. The second kappa shape index (κ2) is 9.14. The number of aromatic nitrogens is 1. The van der Waals surface area contributed by atoms with Gasteiger partial charge in [-0.15, -0.1) is 0 Å². The van der Waals surface area contributed by atoms with Gasteiger partial charge in [0.05, 0.1) is 0 Å². The van der Waals surface area contributed by atoms with E-state index in [1.807, 2.05) is 12.1 Å². The molecule has 2 aromatic rings. The first-order valence-corrected chi connectivity index (χ1v) is 9.81. The zero-order valence-electron chi connectivity index (χ0n) is 15.3. The Morgan fingerprint density at radius 1 is 1.26 bits per heavy atom. The largest absolute Gasteiger partial charge is 0.360 e. The number of anilines is 1. The molecule has 0 spiro atoms. The van der Waals surface area contributed by atoms with Crippen LogP contribution in [0.4, 0.5) is 5.82 Å². The smallest absolute Gasteiger partial charge is 0.254 e. The van der Waals surface area contributed by atoms with E-state index in [2.05, 4.69) is 31.3 Å². The number of hydrogen-bond donors (Lipinski definition) is 1. The number of benzene rings is 1. The van der Waals surface area contributed by atoms with Crippen molar-refractivity contribution in [2.45, 2.75) is 19.8 Å². The van der Waals surface area contributed by atoms with E-state index in [9.17, 15) is 9.59 Å². The molecule has 1 fully saturated rings. The molecule has 0 bridgehead atoms. The van der Waals surface area contributed by atoms with Gasteiger partial charge in [0, 0.05) is 29.2 Å². The van der Waals surface area contributed by atoms with Crippen LogP contribution in [-0.2, 0) is 4.79 Å². The van der Waals surface area contributed by atoms with Crippen LogP contribution in [-0.4, -0.2) is 59.5 Å². The van der Waals surface area contributed by atoms with Crippen LogP contribution in [0.15, 0.2) is 39.3 Å². The summed E-state index contributed by atoms with van der Waals surface area (Å²) in [5.74, 6) is 0.513. The lowest BCUT2D eigenvalue weighted by Gasteiger charge is -2.25. The summed E-state index contributed by atoms with van der Waals surface area (Å²) < 4.78 is 5.86. The highest BCUT2D eigenvalue weighted by Crippen LogP contribution is 2.14. The summed E-state index contributed by atoms with van der Waals surface area (Å²) >= 11 is 3.37. The van der Waals surface area contributed by atoms with Crippen molar-refractivity contribution in [3.05, 3.63) is 46.1 Å². The molecule has 7 nitrogen and oxygen atoms in total. The predicted octanol–water partition coefficient (Wildman–Crippen LogP) is 2.92. The molecule has 144 valence electrons. The molecule has 0 atom stereocenters. The molecule has 1 aromatic heterocycles. The number of halogens is 1. The van der Waals surface area contributed by atoms with Crippen molar-refractivity contribution in [3.8, 4) is 0 Å². The lowest BCUT2D eigenvalue weighted by Crippen LogP contribution is -2.42. The van der Waals surface area contributed by atoms with E-state index in [1.165, 1.54) is 12.8 Å². The second-order valence-electron chi connectivity index (χ2n) is 6.65. The molecule has 8 heteroatoms. The number of nitrogens with one attached hydrogen (secondary N) is 1. The van der Waals surface area contributed by atoms with Crippen molar-refractivity contribution >= 4 is 33.6 Å². The highest BCUT2D eigenvalue weighted by atomic mass is 79.9. The number of carbonyl (C=O) groups is 2. The summed E-state index contributed by atoms with van der Waals surface area (Å²) in [4.78, 5) is 29.2. The lowest BCUT2D eigenvalue weighted by molar-refractivity contribution is -0.117. The normalized spacial score (nSPS) is 14.3. The van der Waals surface area contributed by atoms with Gasteiger partial charge < -0.3 is 19.6 Å². The summed E-state index contributed by atoms with van der Waals surface area (Å²) in [6.45, 7) is 5.07. The minimum atomic E-state index is -0.296. The number of amides is 2. The molecule has 2 amide bonds. The molecular weight excluding hydrogens is 412 g/mol. The first-order chi connectivity index (χ1) is 13.0. The number of aryl methyl sites for hydroxylation is 1. The van der Waals surface area contributed by atoms with Crippen LogP contribution < -0.4 is 5.32 Å². The van der Waals surface area contributed by atoms with Crippen molar-refractivity contribution in [1.29, 1.82) is 0 Å². The number of nitrogens with zero attached hydrogens (tertiary/aromatic N) is 3. The van der Waals surface area contributed by atoms with Crippen molar-refractivity contribution in [2.75, 3.05) is 38.0 Å². The maximum atomic E-state index is 12.9. The first kappa shape index (κ1) is 19.6. The Balaban J connectivity index is 1.66. The number of carbonyl (C=O) groups excluding carboxylic acids is 2. The van der Waals surface area contributed by atoms with Crippen molar-refractivity contribution in [3.63, 3.8) is 0 Å². The lowest BCUT2D eigenvalue weighted by atomic mass is 10.2. The van der Waals surface area contributed by atoms with Gasteiger partial charge in [-0.1, -0.05) is 21.1 Å². The fourth-order valence-electron chi connectivity index (χ4n) is 3.08. The first-order valence-electron chi connectivity index (χ1n) is 9.01. The van der Waals surface area contributed by atoms with Crippen LogP contribution in [0, 0.1) is 6.92 Å². The third-order valence-electron chi connectivity index (χ3n) is 4.49. The molecule has 0 saturated carbocycles. The zero-order chi connectivity index (χ0) is 19.2. The Labute approximate surface area is 166 Å². The molecule has 1 N–H and O–H groups in total. The summed E-state index contributed by atoms with van der Waals surface area (Å²) in [5, 5.41) is 6.44. The summed E-state index contributed by atoms with van der Waals surface area (Å²) in [6, 6.07) is 8.81. The van der Waals surface area contributed by atoms with E-state index < -0.39 is 0 Å². The van der Waals surface area contributed by atoms with Gasteiger partial charge in [-0.2, -0.15) is 0 Å². The quantitative estimate of drug-likeness (QED) is 0.724. The predicted molar refractivity (Wildman–Crippen MR) is 106 cm³/mol. The van der Waals surface area contributed by atoms with E-state index in [4.69, 9.17) is 4.52 Å². The molecular formula is C19H23BrN4O3. The van der Waals surface area contributed by atoms with Crippen molar-refractivity contribution in [1.82, 2.24) is 15.0 Å². The molecule has 1 aliphatic rings. The number of likely N-dealkylation sites (tertiary alicyclic amines) is 1. The zero-order valence-corrected chi connectivity index (χ0v) is 16.9. The fraction of sp³-hybridized carbons (Fsp3) is 0.421. The van der Waals surface area contributed by atoms with Gasteiger partial charge in [-0.3, -0.25) is 9.59 Å². The summed E-state index contributed by atoms with van der Waals surface area (Å²) in [5.41, 5.74) is 0.560. The van der Waals surface area contributed by atoms with E-state index in [0.717, 1.165) is 24.1 Å². The van der Waals surface area contributed by atoms with E-state index in [1.54, 1.807) is 30.0 Å². The minimum absolute atomic E-state index is 0.0331. The highest BCUT2D eigenvalue weighted by molar-refractivity contribution is 9.10. The van der Waals surface area contributed by atoms with E-state index >= 15 is 0 Å². The van der Waals surface area contributed by atoms with Crippen LogP contribution in [0.25, 0.3) is 0 Å². The SMILES string of the molecule is Cc1cc(NC(=O)CN(CCN2CCCC2)C(=O)c2ccc(Br)cc2)no1. The monoisotopic (exact) mass is 434 g/mol. The minimum Gasteiger partial charge on any atom is -0.360 e. The average Bonchev–Trinajstić information content (AvgIpc) is 3.30. The molecule has 2 heterocycles. The average molecular weight is 435 g/mol. The molecule has 27 heavy (non-hydrogen) atoms. The molecule has 3 rings (SSSR count). The molecule has 1 saturated heterocycles. The number of hydrogen-bond acceptors (Lipinski definition) is 5. The van der Waals surface area contributed by atoms with Crippen molar-refractivity contribution < 1.29 is 14.1 Å². The molecule has 1 aromatic carbocycles. The maximum absolute atomic E-state index is 12.9. The molecule has 0 aliphatic carbocycles. The van der Waals surface area contributed by atoms with Gasteiger partial charge in [-0.05, 0) is 57.1 Å². The Bertz CT molecular complexity index is 785. The van der Waals surface area contributed by atoms with Crippen LogP contribution >= 0.6 is 15.9 Å². The summed E-state index contributed by atoms with van der Waals surface area (Å²) in [6.07, 6.45) is 2.37. The van der Waals surface area contributed by atoms with Crippen LogP contribution in [0.1, 0.15) is 29.0 Å². The Morgan fingerprint density at radius 3 is 2.59 bits per heavy atom. The molecule has 1 aliphatic heterocycles. The Hall–Kier alpha value is -2.19. The number of rotatable bonds is 7. The van der Waals surface area contributed by atoms with Crippen LogP contribution in [0.5, 0.6) is 0 Å². The standard InChI is InChI=1S/C19H23BrN4O3/c1-14-12-17(22-27-14)21-18(25)13-24(11-10-23-8-2-3-9-23)19(26)15-4-6-16(20)7-5-15/h4-7,12H,2-3,8-11,13H2,1H3,(H,21,22,25). The van der Waals surface area contributed by atoms with Gasteiger partial charge in [-0.25, -0.2) is 0 Å². The topological polar surface area (TPSA) is 78.7 Å². The van der Waals surface area contributed by atoms with Gasteiger partial charge in [0.15, 0.2) is 5.82 Å². The van der Waals surface area contributed by atoms with Crippen LogP contribution in [0.2, 0.25) is 0 Å². The second-order valence-corrected chi connectivity index (χ2v) is 7.57. The third kappa shape index (κ3) is 5.64. The van der Waals surface area contributed by atoms with Crippen LogP contribution in [0.3, 0.4) is 0 Å². The van der Waals surface area contributed by atoms with E-state index in [-0.39, 0.29) is 18.4 Å². The highest BCUT2D eigenvalue weighted by Gasteiger charge is 2.21. The van der Waals surface area contributed by atoms with Gasteiger partial charge >= 0.3 is 0 Å². The molecule has 0 radical (unpaired) electrons. The van der Waals surface area contributed by atoms with E-state index in [0.29, 0.717) is 23.7 Å². The van der Waals surface area contributed by atoms with Gasteiger partial charge in [0.1, 0.15) is 12.3 Å². The van der Waals surface area contributed by atoms with Crippen molar-refractivity contribution in [2.24, 2.45) is 0 Å². The fourth-order valence-corrected chi connectivity index (χ4v) is 3.34. The van der Waals surface area contributed by atoms with Gasteiger partial charge in [0.25, 0.3) is 5.91 Å². The Morgan fingerprint density at radius 2 is 1.96 bits per heavy atom. The van der Waals surface area contributed by atoms with Gasteiger partial charge in [0.2, 0.25) is 5.91 Å². The summed E-state index contributed by atoms with van der Waals surface area (Å²) in [7, 11) is 0. The molecule has 0 unspecified atom stereocenters. The Kier molecular flexibility index (Phi) is 6.63.